The topological polar surface area (TPSA) is 72.6 Å². The van der Waals surface area contributed by atoms with E-state index in [1.165, 1.54) is 11.1 Å². The largest absolute Gasteiger partial charge is 1.00 e. The molecular weight excluding hydrogens is 615 g/mol. The highest BCUT2D eigenvalue weighted by atomic mass is 127. The Morgan fingerprint density at radius 1 is 0.825 bits per heavy atom. The number of allylic oxidation sites excluding steroid dienone is 1. The smallest absolute Gasteiger partial charge is 0.269 e. The highest BCUT2D eigenvalue weighted by molar-refractivity contribution is 5.98. The van der Waals surface area contributed by atoms with Crippen molar-refractivity contribution in [1.29, 1.82) is 0 Å². The molecule has 4 aromatic carbocycles. The standard InChI is InChI=1S/C33H34N2O4.HI/c1-4-32(26-8-6-5-7-9-26)33(27-12-18-30(36)19-13-27)28-14-20-31(21-15-28)39-23-22-35(2,3)24-25-10-16-29(17-11-25)34(37)38;/h5-21H,4,22-24H2,1-3H3;1H/b33-32-;. The Labute approximate surface area is 253 Å². The molecule has 0 heterocycles. The number of benzene rings is 4. The molecule has 0 aliphatic heterocycles. The summed E-state index contributed by atoms with van der Waals surface area (Å²) >= 11 is 0. The highest BCUT2D eigenvalue weighted by Gasteiger charge is 2.18. The van der Waals surface area contributed by atoms with E-state index >= 15 is 0 Å². The average Bonchev–Trinajstić information content (AvgIpc) is 2.93. The lowest BCUT2D eigenvalue weighted by Crippen LogP contribution is -3.00. The second kappa shape index (κ2) is 14.1. The normalized spacial score (nSPS) is 11.8. The van der Waals surface area contributed by atoms with E-state index in [1.54, 1.807) is 24.3 Å². The van der Waals surface area contributed by atoms with E-state index in [-0.39, 0.29) is 40.3 Å². The summed E-state index contributed by atoms with van der Waals surface area (Å²) in [6.45, 7) is 4.24. The lowest BCUT2D eigenvalue weighted by molar-refractivity contribution is -0.903. The van der Waals surface area contributed by atoms with Crippen molar-refractivity contribution < 1.29 is 43.2 Å². The zero-order chi connectivity index (χ0) is 27.8. The molecule has 1 N–H and O–H groups in total. The van der Waals surface area contributed by atoms with E-state index in [2.05, 4.69) is 57.4 Å². The molecular formula is C33H35IN2O4. The molecule has 0 aromatic heterocycles. The van der Waals surface area contributed by atoms with Gasteiger partial charge in [-0.1, -0.05) is 61.5 Å². The van der Waals surface area contributed by atoms with Gasteiger partial charge in [0.2, 0.25) is 0 Å². The Morgan fingerprint density at radius 3 is 1.95 bits per heavy atom. The first-order valence-corrected chi connectivity index (χ1v) is 13.1. The number of hydrogen-bond donors (Lipinski definition) is 1. The summed E-state index contributed by atoms with van der Waals surface area (Å²) in [7, 11) is 4.25. The molecule has 6 nitrogen and oxygen atoms in total. The van der Waals surface area contributed by atoms with Crippen molar-refractivity contribution in [2.75, 3.05) is 27.2 Å². The average molecular weight is 651 g/mol. The van der Waals surface area contributed by atoms with E-state index in [0.29, 0.717) is 11.1 Å². The third-order valence-electron chi connectivity index (χ3n) is 6.80. The minimum Gasteiger partial charge on any atom is -1.00 e. The maximum absolute atomic E-state index is 10.9. The van der Waals surface area contributed by atoms with Crippen LogP contribution in [0.2, 0.25) is 0 Å². The van der Waals surface area contributed by atoms with Crippen LogP contribution in [-0.4, -0.2) is 41.8 Å². The lowest BCUT2D eigenvalue weighted by Gasteiger charge is -2.29. The minimum atomic E-state index is -0.378. The third-order valence-corrected chi connectivity index (χ3v) is 6.80. The Hall–Kier alpha value is -3.69. The summed E-state index contributed by atoms with van der Waals surface area (Å²) in [4.78, 5) is 10.5. The summed E-state index contributed by atoms with van der Waals surface area (Å²) in [5.74, 6) is 1.05. The van der Waals surface area contributed by atoms with Crippen molar-refractivity contribution in [3.8, 4) is 11.5 Å². The van der Waals surface area contributed by atoms with Crippen LogP contribution in [0.4, 0.5) is 5.69 Å². The van der Waals surface area contributed by atoms with Crippen molar-refractivity contribution >= 4 is 16.8 Å². The van der Waals surface area contributed by atoms with Crippen LogP contribution in [0.3, 0.4) is 0 Å². The van der Waals surface area contributed by atoms with Gasteiger partial charge in [0.05, 0.1) is 19.0 Å². The monoisotopic (exact) mass is 650 g/mol. The summed E-state index contributed by atoms with van der Waals surface area (Å²) in [6, 6.07) is 32.7. The van der Waals surface area contributed by atoms with Crippen LogP contribution in [0.1, 0.15) is 35.6 Å². The first-order chi connectivity index (χ1) is 18.8. The molecule has 0 aliphatic carbocycles. The minimum absolute atomic E-state index is 0. The number of nitrogens with zero attached hydrogens (tertiary/aromatic N) is 2. The number of quaternary nitrogens is 1. The highest BCUT2D eigenvalue weighted by Crippen LogP contribution is 2.35. The number of halogens is 1. The molecule has 0 unspecified atom stereocenters. The molecule has 0 amide bonds. The van der Waals surface area contributed by atoms with E-state index in [4.69, 9.17) is 4.74 Å². The number of non-ortho nitro benzene ring substituents is 1. The summed E-state index contributed by atoms with van der Waals surface area (Å²) < 4.78 is 6.80. The molecule has 0 atom stereocenters. The molecule has 0 aliphatic rings. The Bertz CT molecular complexity index is 1420. The Morgan fingerprint density at radius 2 is 1.40 bits per heavy atom. The maximum atomic E-state index is 10.9. The summed E-state index contributed by atoms with van der Waals surface area (Å²) in [5, 5.41) is 20.8. The van der Waals surface area contributed by atoms with Crippen LogP contribution in [0.5, 0.6) is 11.5 Å². The van der Waals surface area contributed by atoms with Gasteiger partial charge in [0.15, 0.2) is 0 Å². The van der Waals surface area contributed by atoms with E-state index < -0.39 is 0 Å². The van der Waals surface area contributed by atoms with E-state index in [1.807, 2.05) is 42.5 Å². The Kier molecular flexibility index (Phi) is 10.9. The van der Waals surface area contributed by atoms with Gasteiger partial charge in [-0.25, -0.2) is 0 Å². The SMILES string of the molecule is CC/C(=C(\c1ccc(O)cc1)c1ccc(OCC[N+](C)(C)Cc2ccc([N+](=O)[O-])cc2)cc1)c1ccccc1.[I-]. The first kappa shape index (κ1) is 30.8. The van der Waals surface area contributed by atoms with Crippen LogP contribution < -0.4 is 28.7 Å². The maximum Gasteiger partial charge on any atom is 0.269 e. The Balaban J connectivity index is 0.00000441. The van der Waals surface area contributed by atoms with Crippen molar-refractivity contribution in [2.45, 2.75) is 19.9 Å². The van der Waals surface area contributed by atoms with Gasteiger partial charge in [0, 0.05) is 17.7 Å². The molecule has 208 valence electrons. The second-order valence-corrected chi connectivity index (χ2v) is 10.2. The number of ether oxygens (including phenoxy) is 1. The fraction of sp³-hybridized carbons (Fsp3) is 0.212. The molecule has 4 rings (SSSR count). The number of phenolic OH excluding ortho intramolecular Hbond substituents is 1. The van der Waals surface area contributed by atoms with Crippen molar-refractivity contribution in [1.82, 2.24) is 0 Å². The van der Waals surface area contributed by atoms with Crippen LogP contribution >= 0.6 is 0 Å². The van der Waals surface area contributed by atoms with Gasteiger partial charge in [-0.15, -0.1) is 0 Å². The van der Waals surface area contributed by atoms with Gasteiger partial charge >= 0.3 is 0 Å². The number of likely N-dealkylation sites (N-methyl/N-ethyl adjacent to an activating group) is 1. The molecule has 0 bridgehead atoms. The van der Waals surface area contributed by atoms with Gasteiger partial charge in [0.1, 0.15) is 31.2 Å². The van der Waals surface area contributed by atoms with Crippen molar-refractivity contribution in [3.05, 3.63) is 135 Å². The quantitative estimate of drug-likeness (QED) is 0.0864. The number of rotatable bonds is 11. The zero-order valence-electron chi connectivity index (χ0n) is 23.1. The molecule has 0 saturated heterocycles. The van der Waals surface area contributed by atoms with Crippen LogP contribution in [-0.2, 0) is 6.54 Å². The van der Waals surface area contributed by atoms with Crippen molar-refractivity contribution in [2.24, 2.45) is 0 Å². The van der Waals surface area contributed by atoms with Gasteiger partial charge in [-0.05, 0) is 70.7 Å². The first-order valence-electron chi connectivity index (χ1n) is 13.1. The van der Waals surface area contributed by atoms with Crippen LogP contribution in [0.25, 0.3) is 11.1 Å². The summed E-state index contributed by atoms with van der Waals surface area (Å²) in [6.07, 6.45) is 0.861. The predicted octanol–water partition coefficient (Wildman–Crippen LogP) is 4.33. The van der Waals surface area contributed by atoms with Gasteiger partial charge in [-0.2, -0.15) is 0 Å². The van der Waals surface area contributed by atoms with E-state index in [9.17, 15) is 15.2 Å². The fourth-order valence-electron chi connectivity index (χ4n) is 4.73. The number of nitro groups is 1. The molecule has 0 radical (unpaired) electrons. The molecule has 4 aromatic rings. The van der Waals surface area contributed by atoms with Gasteiger partial charge in [0.25, 0.3) is 5.69 Å². The van der Waals surface area contributed by atoms with Crippen LogP contribution in [0.15, 0.2) is 103 Å². The zero-order valence-corrected chi connectivity index (χ0v) is 25.2. The molecule has 7 heteroatoms. The third kappa shape index (κ3) is 8.16. The number of phenols is 1. The molecule has 0 spiro atoms. The lowest BCUT2D eigenvalue weighted by atomic mass is 9.88. The summed E-state index contributed by atoms with van der Waals surface area (Å²) in [5.41, 5.74) is 6.84. The molecule has 0 fully saturated rings. The predicted molar refractivity (Wildman–Crippen MR) is 156 cm³/mol. The van der Waals surface area contributed by atoms with Crippen molar-refractivity contribution in [3.63, 3.8) is 0 Å². The molecule has 0 saturated carbocycles. The number of nitro benzene ring substituents is 1. The van der Waals surface area contributed by atoms with Gasteiger partial charge < -0.3 is 38.3 Å². The molecule has 40 heavy (non-hydrogen) atoms. The van der Waals surface area contributed by atoms with Crippen LogP contribution in [0, 0.1) is 10.1 Å². The number of aromatic hydroxyl groups is 1. The second-order valence-electron chi connectivity index (χ2n) is 10.2. The van der Waals surface area contributed by atoms with E-state index in [0.717, 1.165) is 47.5 Å². The number of hydrogen-bond acceptors (Lipinski definition) is 4. The van der Waals surface area contributed by atoms with Gasteiger partial charge in [-0.3, -0.25) is 10.1 Å². The fourth-order valence-corrected chi connectivity index (χ4v) is 4.73.